The van der Waals surface area contributed by atoms with E-state index in [0.717, 1.165) is 12.5 Å². The maximum absolute atomic E-state index is 14.7. The molecular weight excluding hydrogens is 464 g/mol. The second-order valence-electron chi connectivity index (χ2n) is 8.01. The van der Waals surface area contributed by atoms with Crippen LogP contribution in [-0.2, 0) is 21.2 Å². The molecule has 0 radical (unpaired) electrons. The van der Waals surface area contributed by atoms with Crippen LogP contribution in [0.5, 0.6) is 0 Å². The van der Waals surface area contributed by atoms with Gasteiger partial charge in [0.25, 0.3) is 5.91 Å². The van der Waals surface area contributed by atoms with E-state index in [2.05, 4.69) is 10.3 Å². The average molecular weight is 486 g/mol. The van der Waals surface area contributed by atoms with Crippen LogP contribution in [0.3, 0.4) is 0 Å². The number of carbonyl (C=O) groups is 2. The van der Waals surface area contributed by atoms with Gasteiger partial charge in [-0.25, -0.2) is 22.2 Å². The number of amides is 2. The minimum absolute atomic E-state index is 0.0264. The number of fused-ring (bicyclic) bond motifs is 1. The van der Waals surface area contributed by atoms with Gasteiger partial charge in [-0.3, -0.25) is 9.59 Å². The fourth-order valence-electron chi connectivity index (χ4n) is 3.93. The second kappa shape index (κ2) is 9.30. The maximum atomic E-state index is 14.7. The molecule has 0 saturated heterocycles. The molecule has 1 N–H and O–H groups in total. The summed E-state index contributed by atoms with van der Waals surface area (Å²) in [6, 6.07) is 12.0. The fourth-order valence-corrected chi connectivity index (χ4v) is 4.49. The predicted molar refractivity (Wildman–Crippen MR) is 121 cm³/mol. The normalized spacial score (nSPS) is 15.3. The molecule has 1 aromatic heterocycles. The van der Waals surface area contributed by atoms with Crippen molar-refractivity contribution in [3.8, 4) is 0 Å². The van der Waals surface area contributed by atoms with E-state index in [9.17, 15) is 26.8 Å². The number of hydrogen-bond acceptors (Lipinski definition) is 5. The van der Waals surface area contributed by atoms with Crippen LogP contribution in [0.4, 0.5) is 14.6 Å². The van der Waals surface area contributed by atoms with E-state index in [1.165, 1.54) is 41.3 Å². The Labute approximate surface area is 195 Å². The summed E-state index contributed by atoms with van der Waals surface area (Å²) in [6.45, 7) is 0.133. The number of aromatic nitrogens is 1. The molecule has 3 aromatic rings. The lowest BCUT2D eigenvalue weighted by Gasteiger charge is -2.25. The van der Waals surface area contributed by atoms with Gasteiger partial charge in [-0.15, -0.1) is 0 Å². The standard InChI is InChI=1S/C24H21F2N3O4S/c1-34(32,33)17-9-11-21(27-13-17)28-22(30)12-10-20-23-18(3-2-4-19(23)26)24(31)29(20)14-15-5-7-16(25)8-6-15/h2-9,11,13,20H,10,12,14H2,1H3,(H,27,28,30). The molecule has 1 aliphatic rings. The molecular formula is C24H21F2N3O4S. The number of nitrogens with one attached hydrogen (secondary N) is 1. The van der Waals surface area contributed by atoms with Gasteiger partial charge < -0.3 is 10.2 Å². The van der Waals surface area contributed by atoms with E-state index in [0.29, 0.717) is 5.56 Å². The van der Waals surface area contributed by atoms with E-state index in [1.54, 1.807) is 18.2 Å². The summed E-state index contributed by atoms with van der Waals surface area (Å²) in [5.41, 5.74) is 1.15. The van der Waals surface area contributed by atoms with Gasteiger partial charge in [0.05, 0.1) is 10.9 Å². The van der Waals surface area contributed by atoms with Gasteiger partial charge in [0.2, 0.25) is 5.91 Å². The van der Waals surface area contributed by atoms with Crippen LogP contribution in [0.2, 0.25) is 0 Å². The van der Waals surface area contributed by atoms with Crippen molar-refractivity contribution in [1.29, 1.82) is 0 Å². The van der Waals surface area contributed by atoms with Crippen molar-refractivity contribution in [2.75, 3.05) is 11.6 Å². The molecule has 7 nitrogen and oxygen atoms in total. The van der Waals surface area contributed by atoms with Gasteiger partial charge in [0, 0.05) is 36.5 Å². The molecule has 2 amide bonds. The lowest BCUT2D eigenvalue weighted by molar-refractivity contribution is -0.116. The van der Waals surface area contributed by atoms with Crippen LogP contribution in [0, 0.1) is 11.6 Å². The third-order valence-corrected chi connectivity index (χ3v) is 6.69. The zero-order valence-electron chi connectivity index (χ0n) is 18.2. The van der Waals surface area contributed by atoms with Crippen molar-refractivity contribution >= 4 is 27.5 Å². The highest BCUT2D eigenvalue weighted by molar-refractivity contribution is 7.90. The summed E-state index contributed by atoms with van der Waals surface area (Å²) in [5.74, 6) is -1.54. The topological polar surface area (TPSA) is 96.4 Å². The van der Waals surface area contributed by atoms with Crippen molar-refractivity contribution in [3.05, 3.63) is 89.1 Å². The van der Waals surface area contributed by atoms with E-state index in [4.69, 9.17) is 0 Å². The Kier molecular flexibility index (Phi) is 6.43. The summed E-state index contributed by atoms with van der Waals surface area (Å²) in [6.07, 6.45) is 2.31. The molecule has 1 aliphatic heterocycles. The third-order valence-electron chi connectivity index (χ3n) is 5.60. The van der Waals surface area contributed by atoms with Gasteiger partial charge in [-0.2, -0.15) is 0 Å². The number of carbonyl (C=O) groups excluding carboxylic acids is 2. The number of nitrogens with zero attached hydrogens (tertiary/aromatic N) is 2. The summed E-state index contributed by atoms with van der Waals surface area (Å²) >= 11 is 0. The van der Waals surface area contributed by atoms with Crippen LogP contribution >= 0.6 is 0 Å². The van der Waals surface area contributed by atoms with Crippen LogP contribution < -0.4 is 5.32 Å². The number of benzene rings is 2. The van der Waals surface area contributed by atoms with Gasteiger partial charge in [-0.1, -0.05) is 18.2 Å². The quantitative estimate of drug-likeness (QED) is 0.548. The maximum Gasteiger partial charge on any atom is 0.255 e. The average Bonchev–Trinajstić information content (AvgIpc) is 3.06. The summed E-state index contributed by atoms with van der Waals surface area (Å²) in [7, 11) is -3.41. The smallest absolute Gasteiger partial charge is 0.255 e. The highest BCUT2D eigenvalue weighted by atomic mass is 32.2. The Balaban J connectivity index is 1.50. The number of halogens is 2. The summed E-state index contributed by atoms with van der Waals surface area (Å²) in [4.78, 5) is 31.0. The molecule has 34 heavy (non-hydrogen) atoms. The van der Waals surface area contributed by atoms with Gasteiger partial charge >= 0.3 is 0 Å². The minimum Gasteiger partial charge on any atom is -0.327 e. The monoisotopic (exact) mass is 485 g/mol. The van der Waals surface area contributed by atoms with E-state index >= 15 is 0 Å². The molecule has 4 rings (SSSR count). The summed E-state index contributed by atoms with van der Waals surface area (Å²) in [5, 5.41) is 2.58. The molecule has 2 aromatic carbocycles. The lowest BCUT2D eigenvalue weighted by atomic mass is 9.99. The molecule has 0 spiro atoms. The molecule has 0 fully saturated rings. The number of sulfone groups is 1. The lowest BCUT2D eigenvalue weighted by Crippen LogP contribution is -2.28. The molecule has 0 bridgehead atoms. The van der Waals surface area contributed by atoms with Crippen molar-refractivity contribution in [2.45, 2.75) is 30.3 Å². The van der Waals surface area contributed by atoms with Crippen LogP contribution in [0.15, 0.2) is 65.7 Å². The molecule has 176 valence electrons. The van der Waals surface area contributed by atoms with Crippen LogP contribution in [0.25, 0.3) is 0 Å². The van der Waals surface area contributed by atoms with Crippen molar-refractivity contribution in [1.82, 2.24) is 9.88 Å². The Morgan fingerprint density at radius 3 is 2.47 bits per heavy atom. The first-order valence-electron chi connectivity index (χ1n) is 10.4. The largest absolute Gasteiger partial charge is 0.327 e. The number of hydrogen-bond donors (Lipinski definition) is 1. The SMILES string of the molecule is CS(=O)(=O)c1ccc(NC(=O)CCC2c3c(F)cccc3C(=O)N2Cc2ccc(F)cc2)nc1. The van der Waals surface area contributed by atoms with Crippen molar-refractivity contribution in [2.24, 2.45) is 0 Å². The van der Waals surface area contributed by atoms with E-state index in [-0.39, 0.29) is 47.1 Å². The minimum atomic E-state index is -3.41. The van der Waals surface area contributed by atoms with Gasteiger partial charge in [-0.05, 0) is 48.4 Å². The van der Waals surface area contributed by atoms with Gasteiger partial charge in [0.1, 0.15) is 17.5 Å². The molecule has 10 heteroatoms. The fraction of sp³-hybridized carbons (Fsp3) is 0.208. The zero-order chi connectivity index (χ0) is 24.5. The van der Waals surface area contributed by atoms with Crippen LogP contribution in [0.1, 0.15) is 40.4 Å². The van der Waals surface area contributed by atoms with Crippen molar-refractivity contribution < 1.29 is 26.8 Å². The van der Waals surface area contributed by atoms with Crippen molar-refractivity contribution in [3.63, 3.8) is 0 Å². The Morgan fingerprint density at radius 1 is 1.09 bits per heavy atom. The highest BCUT2D eigenvalue weighted by Crippen LogP contribution is 2.39. The predicted octanol–water partition coefficient (Wildman–Crippen LogP) is 3.88. The molecule has 2 heterocycles. The second-order valence-corrected chi connectivity index (χ2v) is 10.0. The molecule has 0 aliphatic carbocycles. The first-order chi connectivity index (χ1) is 16.1. The first-order valence-corrected chi connectivity index (χ1v) is 12.3. The first kappa shape index (κ1) is 23.5. The summed E-state index contributed by atoms with van der Waals surface area (Å²) < 4.78 is 51.1. The number of rotatable bonds is 7. The number of anilines is 1. The van der Waals surface area contributed by atoms with Gasteiger partial charge in [0.15, 0.2) is 9.84 Å². The Hall–Kier alpha value is -3.66. The third kappa shape index (κ3) is 4.96. The Bertz CT molecular complexity index is 1340. The molecule has 0 saturated carbocycles. The highest BCUT2D eigenvalue weighted by Gasteiger charge is 2.38. The molecule has 1 atom stereocenters. The number of pyridine rings is 1. The molecule has 1 unspecified atom stereocenters. The Morgan fingerprint density at radius 2 is 1.82 bits per heavy atom. The van der Waals surface area contributed by atoms with E-state index < -0.39 is 33.4 Å². The van der Waals surface area contributed by atoms with Crippen LogP contribution in [-0.4, -0.2) is 36.4 Å². The zero-order valence-corrected chi connectivity index (χ0v) is 19.0. The van der Waals surface area contributed by atoms with E-state index in [1.807, 2.05) is 0 Å².